The van der Waals surface area contributed by atoms with Crippen LogP contribution >= 0.6 is 0 Å². The minimum Gasteiger partial charge on any atom is -0.501 e. The van der Waals surface area contributed by atoms with E-state index in [0.29, 0.717) is 0 Å². The molecule has 4 N–H and O–H groups in total. The standard InChI is InChI=1S/C16H16N2O9/c19-9-1-5-26-13(11(9)21)15(23)17-3-7-25-8-4-18-16(24)14-12(22)10(20)2-6-27-14/h1-2,5-6,21-22H,3-4,7-8H2,(H,17,23)(H,18,24). The van der Waals surface area contributed by atoms with Gasteiger partial charge in [0.15, 0.2) is 0 Å². The van der Waals surface area contributed by atoms with Crippen molar-refractivity contribution in [2.75, 3.05) is 26.3 Å². The van der Waals surface area contributed by atoms with Crippen molar-refractivity contribution in [3.05, 3.63) is 56.6 Å². The van der Waals surface area contributed by atoms with Crippen LogP contribution in [0.5, 0.6) is 11.5 Å². The molecule has 0 bridgehead atoms. The maximum absolute atomic E-state index is 11.7. The first-order valence-corrected chi connectivity index (χ1v) is 7.67. The van der Waals surface area contributed by atoms with Crippen LogP contribution < -0.4 is 21.5 Å². The lowest BCUT2D eigenvalue weighted by molar-refractivity contribution is 0.0859. The monoisotopic (exact) mass is 380 g/mol. The molecule has 0 spiro atoms. The molecule has 2 heterocycles. The third-order valence-electron chi connectivity index (χ3n) is 3.18. The number of carbonyl (C=O) groups excluding carboxylic acids is 2. The van der Waals surface area contributed by atoms with Gasteiger partial charge in [-0.1, -0.05) is 0 Å². The Balaban J connectivity index is 1.66. The van der Waals surface area contributed by atoms with Gasteiger partial charge in [-0.2, -0.15) is 0 Å². The van der Waals surface area contributed by atoms with Crippen LogP contribution in [0.1, 0.15) is 21.1 Å². The van der Waals surface area contributed by atoms with Crippen LogP contribution in [0.3, 0.4) is 0 Å². The smallest absolute Gasteiger partial charge is 0.291 e. The van der Waals surface area contributed by atoms with Gasteiger partial charge in [0, 0.05) is 25.2 Å². The quantitative estimate of drug-likeness (QED) is 0.428. The predicted octanol–water partition coefficient (Wildman–Crippen LogP) is -0.819. The Kier molecular flexibility index (Phi) is 6.72. The molecule has 0 aliphatic heterocycles. The van der Waals surface area contributed by atoms with E-state index in [1.54, 1.807) is 0 Å². The van der Waals surface area contributed by atoms with Crippen LogP contribution in [0.4, 0.5) is 0 Å². The molecule has 11 heteroatoms. The van der Waals surface area contributed by atoms with E-state index in [-0.39, 0.29) is 26.3 Å². The second-order valence-corrected chi connectivity index (χ2v) is 5.05. The Morgan fingerprint density at radius 3 is 1.67 bits per heavy atom. The summed E-state index contributed by atoms with van der Waals surface area (Å²) in [5.41, 5.74) is -1.47. The first kappa shape index (κ1) is 19.7. The lowest BCUT2D eigenvalue weighted by Gasteiger charge is -2.08. The molecule has 0 fully saturated rings. The third-order valence-corrected chi connectivity index (χ3v) is 3.18. The third kappa shape index (κ3) is 5.19. The zero-order chi connectivity index (χ0) is 19.8. The molecule has 0 radical (unpaired) electrons. The van der Waals surface area contributed by atoms with E-state index >= 15 is 0 Å². The number of hydrogen-bond acceptors (Lipinski definition) is 9. The lowest BCUT2D eigenvalue weighted by atomic mass is 10.3. The van der Waals surface area contributed by atoms with E-state index < -0.39 is 45.7 Å². The van der Waals surface area contributed by atoms with Crippen molar-refractivity contribution in [3.8, 4) is 11.5 Å². The second kappa shape index (κ2) is 9.20. The van der Waals surface area contributed by atoms with Crippen LogP contribution in [0.25, 0.3) is 0 Å². The SMILES string of the molecule is O=C(NCCOCCNC(=O)c1occc(=O)c1O)c1occc(=O)c1O. The van der Waals surface area contributed by atoms with Gasteiger partial charge in [0.1, 0.15) is 0 Å². The van der Waals surface area contributed by atoms with Gasteiger partial charge >= 0.3 is 0 Å². The van der Waals surface area contributed by atoms with Crippen LogP contribution in [0, 0.1) is 0 Å². The molecule has 144 valence electrons. The lowest BCUT2D eigenvalue weighted by Crippen LogP contribution is -2.30. The van der Waals surface area contributed by atoms with E-state index in [2.05, 4.69) is 10.6 Å². The van der Waals surface area contributed by atoms with Gasteiger partial charge in [-0.3, -0.25) is 19.2 Å². The number of nitrogens with one attached hydrogen (secondary N) is 2. The maximum atomic E-state index is 11.7. The molecule has 2 rings (SSSR count). The van der Waals surface area contributed by atoms with Gasteiger partial charge in [-0.05, 0) is 0 Å². The van der Waals surface area contributed by atoms with Gasteiger partial charge in [0.2, 0.25) is 33.9 Å². The van der Waals surface area contributed by atoms with Crippen molar-refractivity contribution in [1.82, 2.24) is 10.6 Å². The largest absolute Gasteiger partial charge is 0.501 e. The molecule has 2 amide bonds. The summed E-state index contributed by atoms with van der Waals surface area (Å²) >= 11 is 0. The maximum Gasteiger partial charge on any atom is 0.291 e. The van der Waals surface area contributed by atoms with Crippen molar-refractivity contribution < 1.29 is 33.4 Å². The summed E-state index contributed by atoms with van der Waals surface area (Å²) in [5, 5.41) is 23.6. The average Bonchev–Trinajstić information content (AvgIpc) is 2.65. The highest BCUT2D eigenvalue weighted by molar-refractivity contribution is 5.94. The van der Waals surface area contributed by atoms with Crippen molar-refractivity contribution in [2.45, 2.75) is 0 Å². The van der Waals surface area contributed by atoms with E-state index in [9.17, 15) is 29.4 Å². The summed E-state index contributed by atoms with van der Waals surface area (Å²) < 4.78 is 14.7. The van der Waals surface area contributed by atoms with Gasteiger partial charge in [-0.25, -0.2) is 0 Å². The average molecular weight is 380 g/mol. The Hall–Kier alpha value is -3.60. The first-order valence-electron chi connectivity index (χ1n) is 7.67. The Bertz CT molecular complexity index is 856. The predicted molar refractivity (Wildman–Crippen MR) is 88.8 cm³/mol. The highest BCUT2D eigenvalue weighted by Crippen LogP contribution is 2.10. The Labute approximate surface area is 151 Å². The Morgan fingerprint density at radius 2 is 1.26 bits per heavy atom. The van der Waals surface area contributed by atoms with Crippen LogP contribution in [-0.2, 0) is 4.74 Å². The van der Waals surface area contributed by atoms with E-state index in [4.69, 9.17) is 13.6 Å². The Morgan fingerprint density at radius 1 is 0.852 bits per heavy atom. The van der Waals surface area contributed by atoms with E-state index in [1.165, 1.54) is 0 Å². The second-order valence-electron chi connectivity index (χ2n) is 5.05. The van der Waals surface area contributed by atoms with Crippen molar-refractivity contribution >= 4 is 11.8 Å². The number of amides is 2. The molecular formula is C16H16N2O9. The first-order chi connectivity index (χ1) is 12.9. The molecule has 0 aliphatic carbocycles. The summed E-state index contributed by atoms with van der Waals surface area (Å²) in [5.74, 6) is -4.13. The topological polar surface area (TPSA) is 168 Å². The van der Waals surface area contributed by atoms with E-state index in [1.807, 2.05) is 0 Å². The van der Waals surface area contributed by atoms with Gasteiger partial charge in [-0.15, -0.1) is 0 Å². The normalized spacial score (nSPS) is 10.4. The zero-order valence-electron chi connectivity index (χ0n) is 13.9. The van der Waals surface area contributed by atoms with Crippen molar-refractivity contribution in [2.24, 2.45) is 0 Å². The summed E-state index contributed by atoms with van der Waals surface area (Å²) in [4.78, 5) is 45.9. The fourth-order valence-electron chi connectivity index (χ4n) is 1.88. The minimum atomic E-state index is -0.783. The van der Waals surface area contributed by atoms with Gasteiger partial charge < -0.3 is 34.4 Å². The molecule has 0 atom stereocenters. The summed E-state index contributed by atoms with van der Waals surface area (Å²) in [7, 11) is 0. The zero-order valence-corrected chi connectivity index (χ0v) is 13.9. The number of ether oxygens (including phenoxy) is 1. The van der Waals surface area contributed by atoms with Crippen LogP contribution in [0.2, 0.25) is 0 Å². The van der Waals surface area contributed by atoms with Gasteiger partial charge in [0.05, 0.1) is 25.7 Å². The highest BCUT2D eigenvalue weighted by Gasteiger charge is 2.17. The van der Waals surface area contributed by atoms with Crippen LogP contribution in [0.15, 0.2) is 43.1 Å². The molecular weight excluding hydrogens is 364 g/mol. The number of hydrogen-bond donors (Lipinski definition) is 4. The van der Waals surface area contributed by atoms with Crippen LogP contribution in [-0.4, -0.2) is 48.3 Å². The van der Waals surface area contributed by atoms with Crippen molar-refractivity contribution in [3.63, 3.8) is 0 Å². The molecule has 0 saturated carbocycles. The summed E-state index contributed by atoms with van der Waals surface area (Å²) in [6, 6.07) is 1.95. The molecule has 0 unspecified atom stereocenters. The summed E-state index contributed by atoms with van der Waals surface area (Å²) in [6.45, 7) is 0.258. The molecule has 2 aromatic rings. The highest BCUT2D eigenvalue weighted by atomic mass is 16.5. The molecule has 2 aromatic heterocycles. The van der Waals surface area contributed by atoms with E-state index in [0.717, 1.165) is 24.7 Å². The molecule has 27 heavy (non-hydrogen) atoms. The fraction of sp³-hybridized carbons (Fsp3) is 0.250. The number of rotatable bonds is 8. The number of aromatic hydroxyl groups is 2. The van der Waals surface area contributed by atoms with Crippen molar-refractivity contribution in [1.29, 1.82) is 0 Å². The molecule has 0 saturated heterocycles. The molecule has 11 nitrogen and oxygen atoms in total. The molecule has 0 aliphatic rings. The number of carbonyl (C=O) groups is 2. The fourth-order valence-corrected chi connectivity index (χ4v) is 1.88. The molecule has 0 aromatic carbocycles. The summed E-state index contributed by atoms with van der Waals surface area (Å²) in [6.07, 6.45) is 1.98. The van der Waals surface area contributed by atoms with Gasteiger partial charge in [0.25, 0.3) is 11.8 Å². The minimum absolute atomic E-state index is 0.0547.